The molecule has 0 saturated carbocycles. The first-order valence-corrected chi connectivity index (χ1v) is 8.48. The van der Waals surface area contributed by atoms with Crippen LogP contribution in [0.5, 0.6) is 0 Å². The largest absolute Gasteiger partial charge is 0.394 e. The van der Waals surface area contributed by atoms with Gasteiger partial charge in [0.2, 0.25) is 5.91 Å². The SMILES string of the molecule is C[C@]1(C(=O)N[C@H](CO)Cc2ccncc2)CCc2ccccc2C1. The van der Waals surface area contributed by atoms with Crippen molar-refractivity contribution in [2.24, 2.45) is 5.41 Å². The quantitative estimate of drug-likeness (QED) is 0.887. The Morgan fingerprint density at radius 2 is 1.96 bits per heavy atom. The number of nitrogens with zero attached hydrogens (tertiary/aromatic N) is 1. The maximum absolute atomic E-state index is 12.9. The summed E-state index contributed by atoms with van der Waals surface area (Å²) in [7, 11) is 0. The van der Waals surface area contributed by atoms with Gasteiger partial charge in [0.15, 0.2) is 0 Å². The molecule has 1 aliphatic carbocycles. The molecule has 0 saturated heterocycles. The molecule has 24 heavy (non-hydrogen) atoms. The lowest BCUT2D eigenvalue weighted by Crippen LogP contribution is -2.48. The highest BCUT2D eigenvalue weighted by Gasteiger charge is 2.37. The number of carbonyl (C=O) groups is 1. The molecule has 0 radical (unpaired) electrons. The fourth-order valence-electron chi connectivity index (χ4n) is 3.41. The van der Waals surface area contributed by atoms with Crippen LogP contribution < -0.4 is 5.32 Å². The van der Waals surface area contributed by atoms with Crippen LogP contribution in [-0.4, -0.2) is 28.6 Å². The predicted octanol–water partition coefficient (Wildman–Crippen LogP) is 2.30. The van der Waals surface area contributed by atoms with Crippen molar-refractivity contribution in [2.75, 3.05) is 6.61 Å². The molecule has 2 aromatic rings. The lowest BCUT2D eigenvalue weighted by Gasteiger charge is -2.35. The first-order valence-electron chi connectivity index (χ1n) is 8.48. The second kappa shape index (κ2) is 7.14. The van der Waals surface area contributed by atoms with Crippen molar-refractivity contribution in [3.05, 3.63) is 65.5 Å². The summed E-state index contributed by atoms with van der Waals surface area (Å²) in [4.78, 5) is 16.9. The van der Waals surface area contributed by atoms with Crippen molar-refractivity contribution in [3.8, 4) is 0 Å². The van der Waals surface area contributed by atoms with Gasteiger partial charge in [0, 0.05) is 12.4 Å². The third kappa shape index (κ3) is 3.65. The van der Waals surface area contributed by atoms with Gasteiger partial charge in [-0.1, -0.05) is 31.2 Å². The molecule has 1 amide bonds. The van der Waals surface area contributed by atoms with Gasteiger partial charge < -0.3 is 10.4 Å². The Morgan fingerprint density at radius 3 is 2.67 bits per heavy atom. The zero-order valence-corrected chi connectivity index (χ0v) is 14.0. The van der Waals surface area contributed by atoms with E-state index in [0.717, 1.165) is 24.8 Å². The fourth-order valence-corrected chi connectivity index (χ4v) is 3.41. The van der Waals surface area contributed by atoms with E-state index < -0.39 is 5.41 Å². The molecule has 1 heterocycles. The number of aliphatic hydroxyl groups excluding tert-OH is 1. The molecule has 0 aliphatic heterocycles. The van der Waals surface area contributed by atoms with Gasteiger partial charge >= 0.3 is 0 Å². The minimum absolute atomic E-state index is 0.0325. The molecular weight excluding hydrogens is 300 g/mol. The zero-order valence-electron chi connectivity index (χ0n) is 14.0. The summed E-state index contributed by atoms with van der Waals surface area (Å²) in [6.45, 7) is 1.96. The summed E-state index contributed by atoms with van der Waals surface area (Å²) in [5.41, 5.74) is 3.25. The van der Waals surface area contributed by atoms with Gasteiger partial charge in [-0.15, -0.1) is 0 Å². The van der Waals surface area contributed by atoms with E-state index in [1.165, 1.54) is 11.1 Å². The van der Waals surface area contributed by atoms with Crippen molar-refractivity contribution < 1.29 is 9.90 Å². The molecule has 4 heteroatoms. The Labute approximate surface area is 142 Å². The second-order valence-electron chi connectivity index (χ2n) is 6.92. The number of rotatable bonds is 5. The van der Waals surface area contributed by atoms with Gasteiger partial charge in [-0.2, -0.15) is 0 Å². The normalized spacial score (nSPS) is 20.9. The third-order valence-corrected chi connectivity index (χ3v) is 4.98. The number of nitrogens with one attached hydrogen (secondary N) is 1. The average molecular weight is 324 g/mol. The van der Waals surface area contributed by atoms with Crippen LogP contribution in [0.4, 0.5) is 0 Å². The van der Waals surface area contributed by atoms with E-state index in [0.29, 0.717) is 6.42 Å². The number of fused-ring (bicyclic) bond motifs is 1. The molecule has 4 nitrogen and oxygen atoms in total. The van der Waals surface area contributed by atoms with Gasteiger partial charge in [0.05, 0.1) is 18.1 Å². The zero-order chi connectivity index (χ0) is 17.0. The summed E-state index contributed by atoms with van der Waals surface area (Å²) in [5.74, 6) is 0.0325. The Morgan fingerprint density at radius 1 is 1.25 bits per heavy atom. The third-order valence-electron chi connectivity index (χ3n) is 4.98. The Kier molecular flexibility index (Phi) is 4.95. The summed E-state index contributed by atoms with van der Waals surface area (Å²) in [6, 6.07) is 11.9. The maximum Gasteiger partial charge on any atom is 0.226 e. The smallest absolute Gasteiger partial charge is 0.226 e. The van der Waals surface area contributed by atoms with E-state index in [1.54, 1.807) is 12.4 Å². The van der Waals surface area contributed by atoms with Crippen molar-refractivity contribution in [1.29, 1.82) is 0 Å². The molecular formula is C20H24N2O2. The molecule has 2 atom stereocenters. The van der Waals surface area contributed by atoms with Gasteiger partial charge in [0.1, 0.15) is 0 Å². The molecule has 0 bridgehead atoms. The number of hydrogen-bond donors (Lipinski definition) is 2. The lowest BCUT2D eigenvalue weighted by atomic mass is 9.72. The first-order chi connectivity index (χ1) is 11.6. The average Bonchev–Trinajstić information content (AvgIpc) is 2.61. The van der Waals surface area contributed by atoms with Crippen LogP contribution >= 0.6 is 0 Å². The molecule has 3 rings (SSSR count). The number of aliphatic hydroxyl groups is 1. The minimum atomic E-state index is -0.417. The molecule has 0 spiro atoms. The Bertz CT molecular complexity index is 702. The summed E-state index contributed by atoms with van der Waals surface area (Å²) >= 11 is 0. The fraction of sp³-hybridized carbons (Fsp3) is 0.400. The van der Waals surface area contributed by atoms with Crippen LogP contribution in [0, 0.1) is 5.41 Å². The summed E-state index contributed by atoms with van der Waals surface area (Å²) in [6.07, 6.45) is 6.58. The van der Waals surface area contributed by atoms with E-state index in [9.17, 15) is 9.90 Å². The minimum Gasteiger partial charge on any atom is -0.394 e. The molecule has 2 N–H and O–H groups in total. The van der Waals surface area contributed by atoms with Crippen LogP contribution in [0.1, 0.15) is 30.0 Å². The second-order valence-corrected chi connectivity index (χ2v) is 6.92. The monoisotopic (exact) mass is 324 g/mol. The lowest BCUT2D eigenvalue weighted by molar-refractivity contribution is -0.131. The standard InChI is InChI=1S/C20H24N2O2/c1-20(9-6-16-4-2-3-5-17(16)13-20)19(24)22-18(14-23)12-15-7-10-21-11-8-15/h2-5,7-8,10-11,18,23H,6,9,12-14H2,1H3,(H,22,24)/t18-,20-/m0/s1. The van der Waals surface area contributed by atoms with Crippen molar-refractivity contribution in [3.63, 3.8) is 0 Å². The Hall–Kier alpha value is -2.20. The Balaban J connectivity index is 1.67. The number of amides is 1. The van der Waals surface area contributed by atoms with Crippen LogP contribution in [0.15, 0.2) is 48.8 Å². The molecule has 1 aromatic carbocycles. The van der Waals surface area contributed by atoms with Crippen LogP contribution in [0.25, 0.3) is 0 Å². The van der Waals surface area contributed by atoms with E-state index in [-0.39, 0.29) is 18.6 Å². The predicted molar refractivity (Wildman–Crippen MR) is 93.5 cm³/mol. The number of hydrogen-bond acceptors (Lipinski definition) is 3. The van der Waals surface area contributed by atoms with Crippen molar-refractivity contribution in [1.82, 2.24) is 10.3 Å². The highest BCUT2D eigenvalue weighted by atomic mass is 16.3. The van der Waals surface area contributed by atoms with Gasteiger partial charge in [0.25, 0.3) is 0 Å². The highest BCUT2D eigenvalue weighted by Crippen LogP contribution is 2.35. The van der Waals surface area contributed by atoms with E-state index in [1.807, 2.05) is 25.1 Å². The number of aromatic nitrogens is 1. The number of benzene rings is 1. The van der Waals surface area contributed by atoms with Gasteiger partial charge in [-0.25, -0.2) is 0 Å². The van der Waals surface area contributed by atoms with E-state index in [4.69, 9.17) is 0 Å². The number of aryl methyl sites for hydroxylation is 1. The summed E-state index contributed by atoms with van der Waals surface area (Å²) < 4.78 is 0. The van der Waals surface area contributed by atoms with Crippen LogP contribution in [0.3, 0.4) is 0 Å². The molecule has 1 aliphatic rings. The van der Waals surface area contributed by atoms with Crippen LogP contribution in [0.2, 0.25) is 0 Å². The van der Waals surface area contributed by atoms with E-state index >= 15 is 0 Å². The van der Waals surface area contributed by atoms with Crippen LogP contribution in [-0.2, 0) is 24.1 Å². The molecule has 1 aromatic heterocycles. The van der Waals surface area contributed by atoms with Crippen molar-refractivity contribution in [2.45, 2.75) is 38.6 Å². The topological polar surface area (TPSA) is 62.2 Å². The number of carbonyl (C=O) groups excluding carboxylic acids is 1. The summed E-state index contributed by atoms with van der Waals surface area (Å²) in [5, 5.41) is 12.7. The molecule has 126 valence electrons. The van der Waals surface area contributed by atoms with Gasteiger partial charge in [-0.3, -0.25) is 9.78 Å². The molecule has 0 fully saturated rings. The van der Waals surface area contributed by atoms with E-state index in [2.05, 4.69) is 28.5 Å². The highest BCUT2D eigenvalue weighted by molar-refractivity contribution is 5.83. The molecule has 0 unspecified atom stereocenters. The van der Waals surface area contributed by atoms with Crippen molar-refractivity contribution >= 4 is 5.91 Å². The van der Waals surface area contributed by atoms with Gasteiger partial charge in [-0.05, 0) is 54.5 Å². The number of pyridine rings is 1. The first kappa shape index (κ1) is 16.7. The maximum atomic E-state index is 12.9.